The topological polar surface area (TPSA) is 104 Å². The molecular weight excluding hydrogens is 474 g/mol. The smallest absolute Gasteiger partial charge is 0.417 e. The number of hydrogen-bond donors (Lipinski definition) is 3. The first kappa shape index (κ1) is 23.2. The number of nitrogens with one attached hydrogen (secondary N) is 1. The number of oxime groups is 1. The third-order valence-electron chi connectivity index (χ3n) is 4.01. The van der Waals surface area contributed by atoms with Gasteiger partial charge in [-0.3, -0.25) is 4.79 Å². The van der Waals surface area contributed by atoms with Gasteiger partial charge in [0.15, 0.2) is 0 Å². The molecule has 0 spiro atoms. The number of halogens is 5. The fourth-order valence-corrected chi connectivity index (χ4v) is 2.98. The Kier molecular flexibility index (Phi) is 6.75. The Morgan fingerprint density at radius 3 is 2.50 bits per heavy atom. The number of phenolic OH excluding ortho intramolecular Hbond substituents is 1. The molecule has 0 aliphatic rings. The van der Waals surface area contributed by atoms with Gasteiger partial charge in [-0.15, -0.1) is 0 Å². The number of hydrogen-bond acceptors (Lipinski definition) is 6. The van der Waals surface area contributed by atoms with E-state index < -0.39 is 23.4 Å². The summed E-state index contributed by atoms with van der Waals surface area (Å²) >= 11 is 12.1. The quantitative estimate of drug-likeness (QED) is 0.234. The fourth-order valence-electron chi connectivity index (χ4n) is 2.53. The molecule has 0 radical (unpaired) electrons. The van der Waals surface area contributed by atoms with Crippen LogP contribution in [0.25, 0.3) is 0 Å². The Morgan fingerprint density at radius 1 is 1.16 bits per heavy atom. The van der Waals surface area contributed by atoms with E-state index in [0.29, 0.717) is 6.20 Å². The molecule has 3 N–H and O–H groups in total. The maximum absolute atomic E-state index is 12.6. The van der Waals surface area contributed by atoms with Crippen molar-refractivity contribution in [2.45, 2.75) is 6.18 Å². The summed E-state index contributed by atoms with van der Waals surface area (Å²) in [7, 11) is 0. The van der Waals surface area contributed by atoms with Crippen LogP contribution in [-0.2, 0) is 6.18 Å². The van der Waals surface area contributed by atoms with Gasteiger partial charge in [0.1, 0.15) is 11.5 Å². The molecule has 1 aromatic heterocycles. The molecule has 1 amide bonds. The average Bonchev–Trinajstić information content (AvgIpc) is 2.72. The third-order valence-corrected chi connectivity index (χ3v) is 4.53. The molecule has 0 fully saturated rings. The zero-order valence-corrected chi connectivity index (χ0v) is 17.2. The Morgan fingerprint density at radius 2 is 1.91 bits per heavy atom. The molecule has 12 heteroatoms. The van der Waals surface area contributed by atoms with Crippen LogP contribution in [0.2, 0.25) is 10.0 Å². The zero-order chi connectivity index (χ0) is 23.5. The molecule has 1 heterocycles. The van der Waals surface area contributed by atoms with Gasteiger partial charge in [-0.25, -0.2) is 4.98 Å². The third kappa shape index (κ3) is 5.40. The molecular formula is C20H12Cl2F3N3O4. The largest absolute Gasteiger partial charge is 0.506 e. The van der Waals surface area contributed by atoms with Crippen LogP contribution in [0.3, 0.4) is 0 Å². The van der Waals surface area contributed by atoms with Crippen LogP contribution in [0.15, 0.2) is 53.8 Å². The number of benzene rings is 2. The van der Waals surface area contributed by atoms with E-state index in [2.05, 4.69) is 15.5 Å². The number of aromatic hydroxyl groups is 1. The van der Waals surface area contributed by atoms with Gasteiger partial charge in [0.05, 0.1) is 22.4 Å². The van der Waals surface area contributed by atoms with Gasteiger partial charge in [-0.1, -0.05) is 28.4 Å². The van der Waals surface area contributed by atoms with Gasteiger partial charge in [0, 0.05) is 28.5 Å². The Labute approximate surface area is 188 Å². The highest BCUT2D eigenvalue weighted by atomic mass is 35.5. The number of ether oxygens (including phenoxy) is 1. The van der Waals surface area contributed by atoms with E-state index in [1.165, 1.54) is 30.3 Å². The van der Waals surface area contributed by atoms with Crippen molar-refractivity contribution in [3.05, 3.63) is 75.4 Å². The number of alkyl halides is 3. The number of pyridine rings is 1. The average molecular weight is 486 g/mol. The first-order chi connectivity index (χ1) is 15.1. The Bertz CT molecular complexity index is 1190. The van der Waals surface area contributed by atoms with Gasteiger partial charge < -0.3 is 20.4 Å². The summed E-state index contributed by atoms with van der Waals surface area (Å²) in [6.07, 6.45) is -2.98. The van der Waals surface area contributed by atoms with Crippen molar-refractivity contribution >= 4 is 41.0 Å². The summed E-state index contributed by atoms with van der Waals surface area (Å²) in [4.78, 5) is 16.1. The molecule has 0 saturated carbocycles. The summed E-state index contributed by atoms with van der Waals surface area (Å²) < 4.78 is 43.2. The van der Waals surface area contributed by atoms with E-state index in [9.17, 15) is 23.1 Å². The predicted octanol–water partition coefficient (Wildman–Crippen LogP) is 5.97. The maximum atomic E-state index is 12.6. The van der Waals surface area contributed by atoms with Crippen LogP contribution in [0, 0.1) is 0 Å². The van der Waals surface area contributed by atoms with Crippen molar-refractivity contribution < 1.29 is 33.0 Å². The fraction of sp³-hybridized carbons (Fsp3) is 0.0500. The number of carbonyl (C=O) groups excluding carboxylic acids is 1. The van der Waals surface area contributed by atoms with E-state index in [-0.39, 0.29) is 38.5 Å². The maximum Gasteiger partial charge on any atom is 0.417 e. The first-order valence-electron chi connectivity index (χ1n) is 8.60. The van der Waals surface area contributed by atoms with Gasteiger partial charge in [-0.05, 0) is 36.4 Å². The standard InChI is InChI=1S/C20H12Cl2F3N3O4/c21-12-5-10(8-27-31)18(29)14(6-12)19(30)28-13-2-3-16(15(22)7-13)32-17-4-1-11(9-26-17)20(23,24)25/h1-9,29,31H,(H,28,30)/b27-8+. The summed E-state index contributed by atoms with van der Waals surface area (Å²) in [5, 5.41) is 24.3. The van der Waals surface area contributed by atoms with Crippen LogP contribution >= 0.6 is 23.2 Å². The van der Waals surface area contributed by atoms with Crippen molar-refractivity contribution in [1.29, 1.82) is 0 Å². The molecule has 7 nitrogen and oxygen atoms in total. The van der Waals surface area contributed by atoms with Crippen LogP contribution in [-0.4, -0.2) is 27.4 Å². The second-order valence-electron chi connectivity index (χ2n) is 6.22. The zero-order valence-electron chi connectivity index (χ0n) is 15.7. The molecule has 32 heavy (non-hydrogen) atoms. The minimum atomic E-state index is -4.52. The molecule has 3 aromatic rings. The predicted molar refractivity (Wildman–Crippen MR) is 111 cm³/mol. The molecule has 166 valence electrons. The molecule has 0 aliphatic heterocycles. The SMILES string of the molecule is O=C(Nc1ccc(Oc2ccc(C(F)(F)F)cn2)c(Cl)c1)c1cc(Cl)cc(/C=N/O)c1O. The molecule has 0 unspecified atom stereocenters. The number of nitrogens with zero attached hydrogens (tertiary/aromatic N) is 2. The van der Waals surface area contributed by atoms with Crippen molar-refractivity contribution in [2.75, 3.05) is 5.32 Å². The monoisotopic (exact) mass is 485 g/mol. The highest BCUT2D eigenvalue weighted by molar-refractivity contribution is 6.32. The first-order valence-corrected chi connectivity index (χ1v) is 9.36. The highest BCUT2D eigenvalue weighted by Crippen LogP contribution is 2.34. The number of rotatable bonds is 5. The number of carbonyl (C=O) groups is 1. The lowest BCUT2D eigenvalue weighted by atomic mass is 10.1. The van der Waals surface area contributed by atoms with Crippen molar-refractivity contribution in [2.24, 2.45) is 5.16 Å². The second-order valence-corrected chi connectivity index (χ2v) is 7.06. The van der Waals surface area contributed by atoms with E-state index >= 15 is 0 Å². The number of aromatic nitrogens is 1. The van der Waals surface area contributed by atoms with Crippen LogP contribution < -0.4 is 10.1 Å². The number of amides is 1. The lowest BCUT2D eigenvalue weighted by Crippen LogP contribution is -2.13. The lowest BCUT2D eigenvalue weighted by molar-refractivity contribution is -0.137. The summed E-state index contributed by atoms with van der Waals surface area (Å²) in [6.45, 7) is 0. The molecule has 0 atom stereocenters. The molecule has 0 aliphatic carbocycles. The second kappa shape index (κ2) is 9.33. The minimum Gasteiger partial charge on any atom is -0.506 e. The minimum absolute atomic E-state index is 0.0240. The van der Waals surface area contributed by atoms with Gasteiger partial charge in [0.25, 0.3) is 5.91 Å². The van der Waals surface area contributed by atoms with E-state index in [0.717, 1.165) is 18.3 Å². The summed E-state index contributed by atoms with van der Waals surface area (Å²) in [5.41, 5.74) is -0.857. The van der Waals surface area contributed by atoms with Gasteiger partial charge >= 0.3 is 6.18 Å². The van der Waals surface area contributed by atoms with E-state index in [1.54, 1.807) is 0 Å². The van der Waals surface area contributed by atoms with E-state index in [1.807, 2.05) is 0 Å². The van der Waals surface area contributed by atoms with E-state index in [4.69, 9.17) is 33.1 Å². The van der Waals surface area contributed by atoms with Gasteiger partial charge in [-0.2, -0.15) is 13.2 Å². The lowest BCUT2D eigenvalue weighted by Gasteiger charge is -2.12. The highest BCUT2D eigenvalue weighted by Gasteiger charge is 2.30. The van der Waals surface area contributed by atoms with Gasteiger partial charge in [0.2, 0.25) is 5.88 Å². The summed E-state index contributed by atoms with van der Waals surface area (Å²) in [6, 6.07) is 8.50. The number of anilines is 1. The summed E-state index contributed by atoms with van der Waals surface area (Å²) in [5.74, 6) is -1.21. The molecule has 0 bridgehead atoms. The van der Waals surface area contributed by atoms with Crippen LogP contribution in [0.1, 0.15) is 21.5 Å². The van der Waals surface area contributed by atoms with Crippen molar-refractivity contribution in [3.63, 3.8) is 0 Å². The van der Waals surface area contributed by atoms with Crippen molar-refractivity contribution in [1.82, 2.24) is 4.98 Å². The normalized spacial score (nSPS) is 11.5. The molecule has 2 aromatic carbocycles. The molecule has 3 rings (SSSR count). The molecule has 0 saturated heterocycles. The van der Waals surface area contributed by atoms with Crippen LogP contribution in [0.4, 0.5) is 18.9 Å². The Hall–Kier alpha value is -3.50. The number of phenols is 1. The van der Waals surface area contributed by atoms with Crippen molar-refractivity contribution in [3.8, 4) is 17.4 Å². The van der Waals surface area contributed by atoms with Crippen LogP contribution in [0.5, 0.6) is 17.4 Å². The Balaban J connectivity index is 1.76.